The quantitative estimate of drug-likeness (QED) is 0.581. The molecule has 1 aliphatic heterocycles. The van der Waals surface area contributed by atoms with Crippen LogP contribution in [0.4, 0.5) is 0 Å². The molecule has 0 saturated carbocycles. The number of nitrogens with one attached hydrogen (secondary N) is 1. The zero-order chi connectivity index (χ0) is 20.1. The van der Waals surface area contributed by atoms with Crippen LogP contribution in [0.15, 0.2) is 53.6 Å². The van der Waals surface area contributed by atoms with Crippen LogP contribution in [0, 0.1) is 13.8 Å². The van der Waals surface area contributed by atoms with Crippen LogP contribution < -0.4 is 5.32 Å². The maximum absolute atomic E-state index is 12.5. The molecule has 1 unspecified atom stereocenters. The number of hydrogen-bond donors (Lipinski definition) is 1. The molecule has 1 N–H and O–H groups in total. The molecule has 1 aliphatic rings. The second kappa shape index (κ2) is 9.11. The van der Waals surface area contributed by atoms with Gasteiger partial charge in [0.15, 0.2) is 0 Å². The molecule has 146 valence electrons. The van der Waals surface area contributed by atoms with Crippen LogP contribution in [0.25, 0.3) is 6.08 Å². The molecule has 2 amide bonds. The normalized spacial score (nSPS) is 15.2. The molecular weight excluding hydrogens is 368 g/mol. The van der Waals surface area contributed by atoms with Gasteiger partial charge >= 0.3 is 0 Å². The molecule has 3 rings (SSSR count). The van der Waals surface area contributed by atoms with Gasteiger partial charge in [0.1, 0.15) is 0 Å². The van der Waals surface area contributed by atoms with Gasteiger partial charge < -0.3 is 10.2 Å². The van der Waals surface area contributed by atoms with E-state index in [0.29, 0.717) is 6.54 Å². The molecule has 2 aromatic rings. The molecule has 0 bridgehead atoms. The molecule has 0 spiro atoms. The summed E-state index contributed by atoms with van der Waals surface area (Å²) in [5, 5.41) is 2.99. The minimum Gasteiger partial charge on any atom is -0.355 e. The molecule has 5 heteroatoms. The fraction of sp³-hybridized carbons (Fsp3) is 0.304. The summed E-state index contributed by atoms with van der Waals surface area (Å²) >= 11 is 1.73. The van der Waals surface area contributed by atoms with Gasteiger partial charge in [-0.15, -0.1) is 11.8 Å². The van der Waals surface area contributed by atoms with Crippen LogP contribution in [0.2, 0.25) is 0 Å². The molecular formula is C23H26N2O2S. The fourth-order valence-electron chi connectivity index (χ4n) is 3.32. The van der Waals surface area contributed by atoms with Crippen LogP contribution in [0.1, 0.15) is 41.6 Å². The van der Waals surface area contributed by atoms with Crippen molar-refractivity contribution in [2.24, 2.45) is 0 Å². The molecule has 0 aliphatic carbocycles. The lowest BCUT2D eigenvalue weighted by Gasteiger charge is -2.32. The third kappa shape index (κ3) is 4.84. The van der Waals surface area contributed by atoms with Crippen molar-refractivity contribution in [3.63, 3.8) is 0 Å². The van der Waals surface area contributed by atoms with Gasteiger partial charge in [0, 0.05) is 30.3 Å². The Morgan fingerprint density at radius 1 is 1.11 bits per heavy atom. The second-order valence-corrected chi connectivity index (χ2v) is 8.20. The molecule has 0 aromatic heterocycles. The maximum Gasteiger partial charge on any atom is 0.223 e. The Morgan fingerprint density at radius 2 is 1.89 bits per heavy atom. The number of hydrogen-bond acceptors (Lipinski definition) is 3. The zero-order valence-corrected chi connectivity index (χ0v) is 17.4. The summed E-state index contributed by atoms with van der Waals surface area (Å²) in [6.45, 7) is 6.34. The van der Waals surface area contributed by atoms with E-state index in [2.05, 4.69) is 37.4 Å². The highest BCUT2D eigenvalue weighted by Gasteiger charge is 2.27. The molecule has 1 atom stereocenters. The van der Waals surface area contributed by atoms with Crippen molar-refractivity contribution in [1.29, 1.82) is 0 Å². The highest BCUT2D eigenvalue weighted by molar-refractivity contribution is 7.99. The average molecular weight is 395 g/mol. The number of fused-ring (bicyclic) bond motifs is 1. The number of thioether (sulfide) groups is 1. The van der Waals surface area contributed by atoms with Gasteiger partial charge in [0.25, 0.3) is 0 Å². The van der Waals surface area contributed by atoms with Crippen molar-refractivity contribution in [2.45, 2.75) is 38.1 Å². The Hall–Kier alpha value is -2.53. The van der Waals surface area contributed by atoms with Crippen molar-refractivity contribution in [2.75, 3.05) is 12.3 Å². The van der Waals surface area contributed by atoms with E-state index in [9.17, 15) is 9.59 Å². The van der Waals surface area contributed by atoms with Crippen LogP contribution in [-0.4, -0.2) is 29.0 Å². The van der Waals surface area contributed by atoms with E-state index in [1.807, 2.05) is 30.3 Å². The van der Waals surface area contributed by atoms with Crippen molar-refractivity contribution >= 4 is 29.7 Å². The lowest BCUT2D eigenvalue weighted by Crippen LogP contribution is -2.35. The summed E-state index contributed by atoms with van der Waals surface area (Å²) in [4.78, 5) is 27.4. The van der Waals surface area contributed by atoms with Gasteiger partial charge in [0.2, 0.25) is 11.8 Å². The predicted octanol–water partition coefficient (Wildman–Crippen LogP) is 4.48. The lowest BCUT2D eigenvalue weighted by molar-refractivity contribution is -0.129. The largest absolute Gasteiger partial charge is 0.355 e. The summed E-state index contributed by atoms with van der Waals surface area (Å²) in [5.41, 5.74) is 4.64. The number of carbonyl (C=O) groups excluding carboxylic acids is 2. The highest BCUT2D eigenvalue weighted by Crippen LogP contribution is 2.32. The molecule has 1 heterocycles. The van der Waals surface area contributed by atoms with Gasteiger partial charge in [-0.2, -0.15) is 0 Å². The Bertz CT molecular complexity index is 907. The van der Waals surface area contributed by atoms with Crippen LogP contribution in [-0.2, 0) is 9.59 Å². The molecule has 0 radical (unpaired) electrons. The third-order valence-electron chi connectivity index (χ3n) is 5.02. The molecule has 2 aromatic carbocycles. The van der Waals surface area contributed by atoms with Crippen molar-refractivity contribution in [3.05, 3.63) is 70.9 Å². The van der Waals surface area contributed by atoms with E-state index in [-0.39, 0.29) is 24.3 Å². The fourth-order valence-corrected chi connectivity index (χ4v) is 4.19. The number of rotatable bonds is 6. The van der Waals surface area contributed by atoms with Gasteiger partial charge in [0.05, 0.1) is 12.5 Å². The maximum atomic E-state index is 12.5. The first kappa shape index (κ1) is 20.2. The zero-order valence-electron chi connectivity index (χ0n) is 16.6. The van der Waals surface area contributed by atoms with E-state index >= 15 is 0 Å². The number of amides is 2. The summed E-state index contributed by atoms with van der Waals surface area (Å²) in [5.74, 6) is 0.710. The van der Waals surface area contributed by atoms with Gasteiger partial charge in [-0.05, 0) is 54.3 Å². The minimum atomic E-state index is -0.258. The Balaban J connectivity index is 1.55. The number of carbonyl (C=O) groups is 2. The molecule has 4 nitrogen and oxygen atoms in total. The minimum absolute atomic E-state index is 0.0398. The Labute approximate surface area is 171 Å². The van der Waals surface area contributed by atoms with Crippen LogP contribution in [0.3, 0.4) is 0 Å². The van der Waals surface area contributed by atoms with E-state index in [4.69, 9.17) is 0 Å². The van der Waals surface area contributed by atoms with Crippen LogP contribution in [0.5, 0.6) is 0 Å². The second-order valence-electron chi connectivity index (χ2n) is 7.04. The predicted molar refractivity (Wildman–Crippen MR) is 115 cm³/mol. The van der Waals surface area contributed by atoms with Gasteiger partial charge in [-0.1, -0.05) is 30.3 Å². The van der Waals surface area contributed by atoms with Crippen molar-refractivity contribution < 1.29 is 9.59 Å². The van der Waals surface area contributed by atoms with E-state index in [1.54, 1.807) is 22.9 Å². The van der Waals surface area contributed by atoms with Crippen molar-refractivity contribution in [1.82, 2.24) is 10.2 Å². The Morgan fingerprint density at radius 3 is 2.64 bits per heavy atom. The number of nitrogens with zero attached hydrogens (tertiary/aromatic N) is 1. The standard InChI is InChI=1S/C23H26N2O2S/c1-16-8-9-20(14-17(16)2)28-13-11-24-23(27)15-22-21-7-5-4-6-19(21)10-12-25(22)18(3)26/h4-10,12,14,22H,11,13,15H2,1-3H3,(H,24,27). The van der Waals surface area contributed by atoms with E-state index in [1.165, 1.54) is 22.9 Å². The van der Waals surface area contributed by atoms with Crippen molar-refractivity contribution in [3.8, 4) is 0 Å². The van der Waals surface area contributed by atoms with E-state index < -0.39 is 0 Å². The van der Waals surface area contributed by atoms with E-state index in [0.717, 1.165) is 16.9 Å². The first-order chi connectivity index (χ1) is 13.5. The summed E-state index contributed by atoms with van der Waals surface area (Å²) in [6.07, 6.45) is 3.96. The monoisotopic (exact) mass is 394 g/mol. The molecule has 0 fully saturated rings. The third-order valence-corrected chi connectivity index (χ3v) is 6.01. The Kier molecular flexibility index (Phi) is 6.57. The molecule has 0 saturated heterocycles. The first-order valence-corrected chi connectivity index (χ1v) is 10.5. The summed E-state index contributed by atoms with van der Waals surface area (Å²) < 4.78 is 0. The molecule has 28 heavy (non-hydrogen) atoms. The van der Waals surface area contributed by atoms with Crippen LogP contribution >= 0.6 is 11.8 Å². The summed E-state index contributed by atoms with van der Waals surface area (Å²) in [6, 6.07) is 14.1. The SMILES string of the molecule is CC(=O)N1C=Cc2ccccc2C1CC(=O)NCCSc1ccc(C)c(C)c1. The summed E-state index contributed by atoms with van der Waals surface area (Å²) in [7, 11) is 0. The topological polar surface area (TPSA) is 49.4 Å². The average Bonchev–Trinajstić information content (AvgIpc) is 2.68. The number of benzene rings is 2. The van der Waals surface area contributed by atoms with Gasteiger partial charge in [-0.25, -0.2) is 0 Å². The smallest absolute Gasteiger partial charge is 0.223 e. The first-order valence-electron chi connectivity index (χ1n) is 9.48. The highest BCUT2D eigenvalue weighted by atomic mass is 32.2. The lowest BCUT2D eigenvalue weighted by atomic mass is 9.93. The number of aryl methyl sites for hydroxylation is 2. The van der Waals surface area contributed by atoms with Gasteiger partial charge in [-0.3, -0.25) is 9.59 Å².